The molecule has 106 valence electrons. The number of likely N-dealkylation sites (tertiary alicyclic amines) is 1. The summed E-state index contributed by atoms with van der Waals surface area (Å²) in [5, 5.41) is 9.11. The summed E-state index contributed by atoms with van der Waals surface area (Å²) < 4.78 is 5.62. The maximum absolute atomic E-state index is 11.1. The van der Waals surface area contributed by atoms with Crippen LogP contribution in [0.2, 0.25) is 0 Å². The van der Waals surface area contributed by atoms with Crippen LogP contribution in [0.15, 0.2) is 30.3 Å². The number of para-hydroxylation sites is 1. The molecule has 1 aromatic rings. The number of piperidine rings is 1. The topological polar surface area (TPSA) is 49.8 Å². The Morgan fingerprint density at radius 3 is 2.74 bits per heavy atom. The van der Waals surface area contributed by atoms with Crippen molar-refractivity contribution in [1.82, 2.24) is 4.90 Å². The number of carboxylic acid groups (broad SMARTS) is 1. The number of halogens is 1. The third-order valence-electron chi connectivity index (χ3n) is 3.34. The predicted molar refractivity (Wildman–Crippen MR) is 76.2 cm³/mol. The fourth-order valence-corrected chi connectivity index (χ4v) is 2.38. The smallest absolute Gasteiger partial charge is 0.407 e. The molecule has 1 N–H and O–H groups in total. The molecule has 4 nitrogen and oxygen atoms in total. The summed E-state index contributed by atoms with van der Waals surface area (Å²) in [6, 6.07) is 9.74. The third kappa shape index (κ3) is 4.63. The number of benzene rings is 1. The molecule has 0 bridgehead atoms. The molecule has 2 rings (SSSR count). The maximum atomic E-state index is 11.1. The zero-order valence-corrected chi connectivity index (χ0v) is 11.6. The van der Waals surface area contributed by atoms with Gasteiger partial charge in [-0.25, -0.2) is 4.79 Å². The molecular weight excluding hydrogens is 266 g/mol. The van der Waals surface area contributed by atoms with Crippen LogP contribution in [0.4, 0.5) is 4.79 Å². The molecule has 0 spiro atoms. The molecule has 1 aromatic carbocycles. The van der Waals surface area contributed by atoms with Gasteiger partial charge >= 0.3 is 6.09 Å². The number of ether oxygens (including phenoxy) is 1. The average molecular weight is 286 g/mol. The molecule has 0 aromatic heterocycles. The van der Waals surface area contributed by atoms with E-state index < -0.39 is 6.09 Å². The summed E-state index contributed by atoms with van der Waals surface area (Å²) >= 11 is 0. The molecule has 1 amide bonds. The van der Waals surface area contributed by atoms with E-state index in [1.54, 1.807) is 4.90 Å². The van der Waals surface area contributed by atoms with Crippen molar-refractivity contribution in [2.45, 2.75) is 31.7 Å². The lowest BCUT2D eigenvalue weighted by molar-refractivity contribution is 0.0967. The molecule has 0 radical (unpaired) electrons. The molecule has 1 fully saturated rings. The van der Waals surface area contributed by atoms with Crippen molar-refractivity contribution < 1.29 is 14.6 Å². The Bertz CT molecular complexity index is 386. The van der Waals surface area contributed by atoms with Crippen molar-refractivity contribution >= 4 is 18.5 Å². The van der Waals surface area contributed by atoms with E-state index in [1.807, 2.05) is 30.3 Å². The van der Waals surface area contributed by atoms with Crippen molar-refractivity contribution in [2.24, 2.45) is 0 Å². The zero-order valence-electron chi connectivity index (χ0n) is 10.8. The van der Waals surface area contributed by atoms with E-state index in [0.29, 0.717) is 13.2 Å². The summed E-state index contributed by atoms with van der Waals surface area (Å²) in [6.45, 7) is 1.23. The molecule has 1 unspecified atom stereocenters. The minimum Gasteiger partial charge on any atom is -0.494 e. The van der Waals surface area contributed by atoms with Crippen LogP contribution in [0.3, 0.4) is 0 Å². The Morgan fingerprint density at radius 2 is 2.05 bits per heavy atom. The second kappa shape index (κ2) is 7.89. The first kappa shape index (κ1) is 15.6. The molecule has 5 heteroatoms. The van der Waals surface area contributed by atoms with Crippen molar-refractivity contribution in [3.05, 3.63) is 30.3 Å². The van der Waals surface area contributed by atoms with E-state index in [0.717, 1.165) is 31.4 Å². The average Bonchev–Trinajstić information content (AvgIpc) is 2.40. The predicted octanol–water partition coefficient (Wildman–Crippen LogP) is 3.41. The molecule has 19 heavy (non-hydrogen) atoms. The molecule has 1 heterocycles. The Morgan fingerprint density at radius 1 is 1.32 bits per heavy atom. The second-order valence-electron chi connectivity index (χ2n) is 4.58. The fraction of sp³-hybridized carbons (Fsp3) is 0.500. The summed E-state index contributed by atoms with van der Waals surface area (Å²) in [7, 11) is 0. The lowest BCUT2D eigenvalue weighted by atomic mass is 10.0. The van der Waals surface area contributed by atoms with Gasteiger partial charge in [0.2, 0.25) is 0 Å². The van der Waals surface area contributed by atoms with Gasteiger partial charge in [-0.2, -0.15) is 0 Å². The van der Waals surface area contributed by atoms with Crippen molar-refractivity contribution in [1.29, 1.82) is 0 Å². The zero-order chi connectivity index (χ0) is 12.8. The summed E-state index contributed by atoms with van der Waals surface area (Å²) in [6.07, 6.45) is 2.99. The summed E-state index contributed by atoms with van der Waals surface area (Å²) in [4.78, 5) is 12.6. The Labute approximate surface area is 119 Å². The third-order valence-corrected chi connectivity index (χ3v) is 3.34. The molecule has 1 aliphatic heterocycles. The van der Waals surface area contributed by atoms with Gasteiger partial charge in [0, 0.05) is 19.0 Å². The first-order chi connectivity index (χ1) is 8.77. The van der Waals surface area contributed by atoms with Crippen LogP contribution in [-0.2, 0) is 0 Å². The lowest BCUT2D eigenvalue weighted by Gasteiger charge is -2.33. The van der Waals surface area contributed by atoms with Crippen molar-refractivity contribution in [2.75, 3.05) is 13.2 Å². The van der Waals surface area contributed by atoms with Gasteiger partial charge in [-0.15, -0.1) is 12.4 Å². The first-order valence-corrected chi connectivity index (χ1v) is 6.45. The van der Waals surface area contributed by atoms with Crippen molar-refractivity contribution in [3.8, 4) is 5.75 Å². The number of hydrogen-bond acceptors (Lipinski definition) is 2. The highest BCUT2D eigenvalue weighted by atomic mass is 35.5. The van der Waals surface area contributed by atoms with Crippen LogP contribution in [0, 0.1) is 0 Å². The van der Waals surface area contributed by atoms with Crippen molar-refractivity contribution in [3.63, 3.8) is 0 Å². The normalized spacial score (nSPS) is 18.5. The quantitative estimate of drug-likeness (QED) is 0.922. The SMILES string of the molecule is Cl.O=C(O)N1CCCCC1CCOc1ccccc1. The minimum absolute atomic E-state index is 0. The van der Waals surface area contributed by atoms with E-state index in [4.69, 9.17) is 9.84 Å². The van der Waals surface area contributed by atoms with Gasteiger partial charge in [-0.3, -0.25) is 0 Å². The Balaban J connectivity index is 0.00000180. The van der Waals surface area contributed by atoms with E-state index in [1.165, 1.54) is 0 Å². The highest BCUT2D eigenvalue weighted by molar-refractivity contribution is 5.85. The second-order valence-corrected chi connectivity index (χ2v) is 4.58. The molecule has 1 saturated heterocycles. The van der Waals surface area contributed by atoms with E-state index in [-0.39, 0.29) is 18.4 Å². The van der Waals surface area contributed by atoms with E-state index >= 15 is 0 Å². The van der Waals surface area contributed by atoms with Crippen LogP contribution in [0.25, 0.3) is 0 Å². The molecule has 0 saturated carbocycles. The van der Waals surface area contributed by atoms with Gasteiger partial charge in [0.05, 0.1) is 6.61 Å². The molecule has 1 atom stereocenters. The van der Waals surface area contributed by atoms with Gasteiger partial charge in [0.15, 0.2) is 0 Å². The first-order valence-electron chi connectivity index (χ1n) is 6.45. The highest BCUT2D eigenvalue weighted by Crippen LogP contribution is 2.20. The summed E-state index contributed by atoms with van der Waals surface area (Å²) in [5.74, 6) is 0.843. The number of rotatable bonds is 4. The van der Waals surface area contributed by atoms with Crippen LogP contribution in [0.1, 0.15) is 25.7 Å². The largest absolute Gasteiger partial charge is 0.494 e. The Kier molecular flexibility index (Phi) is 6.50. The molecular formula is C14H20ClNO3. The highest BCUT2D eigenvalue weighted by Gasteiger charge is 2.25. The standard InChI is InChI=1S/C14H19NO3.ClH/c16-14(17)15-10-5-4-6-12(15)9-11-18-13-7-2-1-3-8-13;/h1-3,7-8,12H,4-6,9-11H2,(H,16,17);1H. The number of hydrogen-bond donors (Lipinski definition) is 1. The number of nitrogens with zero attached hydrogens (tertiary/aromatic N) is 1. The van der Waals surface area contributed by atoms with Gasteiger partial charge in [0.1, 0.15) is 5.75 Å². The van der Waals surface area contributed by atoms with Gasteiger partial charge in [0.25, 0.3) is 0 Å². The summed E-state index contributed by atoms with van der Waals surface area (Å²) in [5.41, 5.74) is 0. The monoisotopic (exact) mass is 285 g/mol. The lowest BCUT2D eigenvalue weighted by Crippen LogP contribution is -2.43. The fourth-order valence-electron chi connectivity index (χ4n) is 2.38. The number of carbonyl (C=O) groups is 1. The van der Waals surface area contributed by atoms with Gasteiger partial charge in [-0.05, 0) is 31.4 Å². The van der Waals surface area contributed by atoms with Crippen LogP contribution >= 0.6 is 12.4 Å². The van der Waals surface area contributed by atoms with Crippen LogP contribution in [0.5, 0.6) is 5.75 Å². The maximum Gasteiger partial charge on any atom is 0.407 e. The van der Waals surface area contributed by atoms with Gasteiger partial charge < -0.3 is 14.7 Å². The molecule has 1 aliphatic rings. The van der Waals surface area contributed by atoms with Gasteiger partial charge in [-0.1, -0.05) is 18.2 Å². The Hall–Kier alpha value is -1.42. The van der Waals surface area contributed by atoms with Crippen LogP contribution < -0.4 is 4.74 Å². The minimum atomic E-state index is -0.806. The van der Waals surface area contributed by atoms with Crippen LogP contribution in [-0.4, -0.2) is 35.3 Å². The molecule has 0 aliphatic carbocycles. The number of amides is 1. The van der Waals surface area contributed by atoms with E-state index in [2.05, 4.69) is 0 Å². The van der Waals surface area contributed by atoms with E-state index in [9.17, 15) is 4.79 Å².